The first-order valence-electron chi connectivity index (χ1n) is 6.16. The van der Waals surface area contributed by atoms with Gasteiger partial charge in [0.2, 0.25) is 0 Å². The van der Waals surface area contributed by atoms with Gasteiger partial charge in [0, 0.05) is 35.9 Å². The molecule has 1 unspecified atom stereocenters. The summed E-state index contributed by atoms with van der Waals surface area (Å²) in [6, 6.07) is 1.25. The van der Waals surface area contributed by atoms with Gasteiger partial charge in [0.15, 0.2) is 0 Å². The molecule has 2 heterocycles. The van der Waals surface area contributed by atoms with E-state index in [-0.39, 0.29) is 18.2 Å². The van der Waals surface area contributed by atoms with Gasteiger partial charge in [0.1, 0.15) is 5.82 Å². The molecule has 0 aliphatic carbocycles. The van der Waals surface area contributed by atoms with Gasteiger partial charge in [-0.2, -0.15) is 11.8 Å². The lowest BCUT2D eigenvalue weighted by molar-refractivity contribution is -0.385. The lowest BCUT2D eigenvalue weighted by Gasteiger charge is -2.35. The van der Waals surface area contributed by atoms with Crippen molar-refractivity contribution in [3.63, 3.8) is 0 Å². The fourth-order valence-electron chi connectivity index (χ4n) is 2.18. The van der Waals surface area contributed by atoms with Crippen molar-refractivity contribution in [2.24, 2.45) is 0 Å². The maximum Gasteiger partial charge on any atom is 0.305 e. The molecule has 2 rings (SSSR count). The number of carbonyl (C=O) groups is 1. The molecule has 1 aliphatic rings. The number of nitrogens with zero attached hydrogens (tertiary/aromatic N) is 3. The molecule has 1 aromatic heterocycles. The predicted octanol–water partition coefficient (Wildman–Crippen LogP) is 1.69. The van der Waals surface area contributed by atoms with E-state index >= 15 is 0 Å². The minimum Gasteiger partial charge on any atom is -0.481 e. The second-order valence-corrected chi connectivity index (χ2v) is 5.76. The van der Waals surface area contributed by atoms with Crippen LogP contribution in [0, 0.1) is 17.0 Å². The van der Waals surface area contributed by atoms with E-state index in [1.54, 1.807) is 18.7 Å². The number of hydrogen-bond acceptors (Lipinski definition) is 6. The zero-order valence-electron chi connectivity index (χ0n) is 11.0. The first-order valence-corrected chi connectivity index (χ1v) is 7.31. The molecule has 1 N–H and O–H groups in total. The van der Waals surface area contributed by atoms with Crippen molar-refractivity contribution in [1.29, 1.82) is 0 Å². The van der Waals surface area contributed by atoms with Crippen LogP contribution in [0.4, 0.5) is 11.5 Å². The molecule has 0 bridgehead atoms. The maximum atomic E-state index is 11.0. The van der Waals surface area contributed by atoms with Gasteiger partial charge >= 0.3 is 5.97 Å². The van der Waals surface area contributed by atoms with Crippen LogP contribution in [0.1, 0.15) is 12.0 Å². The Hall–Kier alpha value is -1.83. The number of nitro groups is 1. The highest BCUT2D eigenvalue weighted by atomic mass is 32.2. The fraction of sp³-hybridized carbons (Fsp3) is 0.500. The van der Waals surface area contributed by atoms with Gasteiger partial charge in [-0.1, -0.05) is 0 Å². The molecule has 0 radical (unpaired) electrons. The van der Waals surface area contributed by atoms with Crippen LogP contribution in [0.2, 0.25) is 0 Å². The number of aryl methyl sites for hydroxylation is 1. The molecule has 108 valence electrons. The van der Waals surface area contributed by atoms with E-state index in [0.29, 0.717) is 23.7 Å². The first-order chi connectivity index (χ1) is 9.49. The third kappa shape index (κ3) is 3.19. The number of rotatable bonds is 4. The second-order valence-electron chi connectivity index (χ2n) is 4.61. The third-order valence-electron chi connectivity index (χ3n) is 3.19. The van der Waals surface area contributed by atoms with Crippen LogP contribution < -0.4 is 4.90 Å². The van der Waals surface area contributed by atoms with E-state index in [1.807, 2.05) is 4.90 Å². The molecule has 0 spiro atoms. The Balaban J connectivity index is 2.30. The molecule has 0 amide bonds. The van der Waals surface area contributed by atoms with Crippen molar-refractivity contribution in [2.45, 2.75) is 19.4 Å². The summed E-state index contributed by atoms with van der Waals surface area (Å²) in [7, 11) is 0. The number of aliphatic carboxylic acids is 1. The smallest absolute Gasteiger partial charge is 0.305 e. The molecule has 1 aromatic rings. The molecule has 20 heavy (non-hydrogen) atoms. The zero-order valence-corrected chi connectivity index (χ0v) is 11.8. The van der Waals surface area contributed by atoms with Crippen LogP contribution in [-0.4, -0.2) is 45.1 Å². The minimum atomic E-state index is -0.871. The average molecular weight is 297 g/mol. The number of carboxylic acids is 1. The molecule has 0 saturated carbocycles. The SMILES string of the molecule is Cc1cnc(N2CCSCC2CC(=O)O)cc1[N+](=O)[O-]. The van der Waals surface area contributed by atoms with Gasteiger partial charge in [0.25, 0.3) is 5.69 Å². The Kier molecular flexibility index (Phi) is 4.43. The molecule has 0 aromatic carbocycles. The van der Waals surface area contributed by atoms with Crippen molar-refractivity contribution >= 4 is 29.2 Å². The Bertz CT molecular complexity index is 537. The Labute approximate surface area is 120 Å². The maximum absolute atomic E-state index is 11.0. The van der Waals surface area contributed by atoms with Crippen molar-refractivity contribution in [3.8, 4) is 0 Å². The Morgan fingerprint density at radius 2 is 2.45 bits per heavy atom. The van der Waals surface area contributed by atoms with Gasteiger partial charge in [-0.25, -0.2) is 4.98 Å². The summed E-state index contributed by atoms with van der Waals surface area (Å²) in [5, 5.41) is 19.9. The summed E-state index contributed by atoms with van der Waals surface area (Å²) < 4.78 is 0. The van der Waals surface area contributed by atoms with Crippen LogP contribution >= 0.6 is 11.8 Å². The van der Waals surface area contributed by atoms with E-state index in [9.17, 15) is 14.9 Å². The normalized spacial score (nSPS) is 18.9. The minimum absolute atomic E-state index is 0.0103. The monoisotopic (exact) mass is 297 g/mol. The number of anilines is 1. The largest absolute Gasteiger partial charge is 0.481 e. The van der Waals surface area contributed by atoms with Crippen LogP contribution in [0.25, 0.3) is 0 Å². The van der Waals surface area contributed by atoms with E-state index in [1.165, 1.54) is 12.3 Å². The highest BCUT2D eigenvalue weighted by Gasteiger charge is 2.27. The van der Waals surface area contributed by atoms with Crippen LogP contribution in [0.5, 0.6) is 0 Å². The first kappa shape index (κ1) is 14.6. The van der Waals surface area contributed by atoms with E-state index in [4.69, 9.17) is 5.11 Å². The number of pyridine rings is 1. The van der Waals surface area contributed by atoms with Crippen LogP contribution in [-0.2, 0) is 4.79 Å². The number of carboxylic acid groups (broad SMARTS) is 1. The Morgan fingerprint density at radius 3 is 3.10 bits per heavy atom. The lowest BCUT2D eigenvalue weighted by atomic mass is 10.2. The predicted molar refractivity (Wildman–Crippen MR) is 76.3 cm³/mol. The van der Waals surface area contributed by atoms with Crippen molar-refractivity contribution in [2.75, 3.05) is 23.0 Å². The fourth-order valence-corrected chi connectivity index (χ4v) is 3.25. The Morgan fingerprint density at radius 1 is 1.70 bits per heavy atom. The molecule has 7 nitrogen and oxygen atoms in total. The van der Waals surface area contributed by atoms with E-state index < -0.39 is 10.9 Å². The summed E-state index contributed by atoms with van der Waals surface area (Å²) in [5.41, 5.74) is 0.516. The summed E-state index contributed by atoms with van der Waals surface area (Å²) in [6.45, 7) is 2.28. The van der Waals surface area contributed by atoms with Crippen molar-refractivity contribution in [3.05, 3.63) is 27.9 Å². The zero-order chi connectivity index (χ0) is 14.7. The van der Waals surface area contributed by atoms with Gasteiger partial charge < -0.3 is 10.0 Å². The summed E-state index contributed by atoms with van der Waals surface area (Å²) in [6.07, 6.45) is 1.48. The molecular weight excluding hydrogens is 282 g/mol. The van der Waals surface area contributed by atoms with Gasteiger partial charge in [-0.3, -0.25) is 14.9 Å². The summed E-state index contributed by atoms with van der Waals surface area (Å²) in [5.74, 6) is 1.16. The van der Waals surface area contributed by atoms with Crippen molar-refractivity contribution in [1.82, 2.24) is 4.98 Å². The number of hydrogen-bond donors (Lipinski definition) is 1. The highest BCUT2D eigenvalue weighted by molar-refractivity contribution is 7.99. The summed E-state index contributed by atoms with van der Waals surface area (Å²) >= 11 is 1.69. The topological polar surface area (TPSA) is 96.6 Å². The molecule has 1 atom stereocenters. The third-order valence-corrected chi connectivity index (χ3v) is 4.28. The summed E-state index contributed by atoms with van der Waals surface area (Å²) in [4.78, 5) is 27.5. The molecule has 1 fully saturated rings. The number of thioether (sulfide) groups is 1. The van der Waals surface area contributed by atoms with Gasteiger partial charge in [-0.15, -0.1) is 0 Å². The standard InChI is InChI=1S/C12H15N3O4S/c1-8-6-13-11(5-10(8)15(18)19)14-2-3-20-7-9(14)4-12(16)17/h5-6,9H,2-4,7H2,1H3,(H,16,17). The van der Waals surface area contributed by atoms with Crippen LogP contribution in [0.3, 0.4) is 0 Å². The molecular formula is C12H15N3O4S. The molecule has 1 saturated heterocycles. The second kappa shape index (κ2) is 6.08. The quantitative estimate of drug-likeness (QED) is 0.667. The highest BCUT2D eigenvalue weighted by Crippen LogP contribution is 2.28. The van der Waals surface area contributed by atoms with Crippen molar-refractivity contribution < 1.29 is 14.8 Å². The van der Waals surface area contributed by atoms with Crippen LogP contribution in [0.15, 0.2) is 12.3 Å². The average Bonchev–Trinajstić information content (AvgIpc) is 2.39. The lowest BCUT2D eigenvalue weighted by Crippen LogP contribution is -2.44. The molecule has 8 heteroatoms. The molecule has 1 aliphatic heterocycles. The van der Waals surface area contributed by atoms with Gasteiger partial charge in [-0.05, 0) is 6.92 Å². The number of aromatic nitrogens is 1. The van der Waals surface area contributed by atoms with Gasteiger partial charge in [0.05, 0.1) is 17.4 Å². The van der Waals surface area contributed by atoms with E-state index in [2.05, 4.69) is 4.98 Å². The van der Waals surface area contributed by atoms with E-state index in [0.717, 1.165) is 5.75 Å².